The molecule has 1 aromatic rings. The highest BCUT2D eigenvalue weighted by Crippen LogP contribution is 2.20. The number of rotatable bonds is 5. The molecule has 0 saturated carbocycles. The quantitative estimate of drug-likeness (QED) is 0.759. The number of pyridine rings is 1. The molecule has 0 spiro atoms. The zero-order chi connectivity index (χ0) is 10.4. The number of hydrogen-bond acceptors (Lipinski definition) is 3. The standard InChI is InChI=1S/C11H18N2S/c1-3-10(12)8-9-6-5-7-13-11(9)14-4-2/h5-7,10H,3-4,8,12H2,1-2H3. The second-order valence-corrected chi connectivity index (χ2v) is 4.53. The van der Waals surface area contributed by atoms with E-state index < -0.39 is 0 Å². The van der Waals surface area contributed by atoms with Crippen LogP contribution in [0.25, 0.3) is 0 Å². The van der Waals surface area contributed by atoms with Crippen LogP contribution < -0.4 is 5.73 Å². The van der Waals surface area contributed by atoms with E-state index in [1.807, 2.05) is 12.3 Å². The Labute approximate surface area is 90.3 Å². The van der Waals surface area contributed by atoms with Gasteiger partial charge >= 0.3 is 0 Å². The second kappa shape index (κ2) is 6.04. The highest BCUT2D eigenvalue weighted by Gasteiger charge is 2.06. The van der Waals surface area contributed by atoms with Gasteiger partial charge in [0.1, 0.15) is 0 Å². The van der Waals surface area contributed by atoms with E-state index in [1.165, 1.54) is 5.56 Å². The molecule has 14 heavy (non-hydrogen) atoms. The molecule has 0 aliphatic heterocycles. The first-order valence-corrected chi connectivity index (χ1v) is 6.08. The molecule has 1 atom stereocenters. The van der Waals surface area contributed by atoms with Gasteiger partial charge in [-0.2, -0.15) is 0 Å². The van der Waals surface area contributed by atoms with E-state index in [0.717, 1.165) is 23.6 Å². The summed E-state index contributed by atoms with van der Waals surface area (Å²) in [6, 6.07) is 4.37. The van der Waals surface area contributed by atoms with Crippen LogP contribution in [-0.2, 0) is 6.42 Å². The van der Waals surface area contributed by atoms with Crippen molar-refractivity contribution in [2.45, 2.75) is 37.8 Å². The third-order valence-electron chi connectivity index (χ3n) is 2.14. The molecule has 0 radical (unpaired) electrons. The van der Waals surface area contributed by atoms with E-state index in [2.05, 4.69) is 24.9 Å². The average Bonchev–Trinajstić information content (AvgIpc) is 2.21. The van der Waals surface area contributed by atoms with Gasteiger partial charge in [-0.05, 0) is 30.2 Å². The summed E-state index contributed by atoms with van der Waals surface area (Å²) in [6.45, 7) is 4.26. The summed E-state index contributed by atoms with van der Waals surface area (Å²) in [5.74, 6) is 1.06. The lowest BCUT2D eigenvalue weighted by molar-refractivity contribution is 0.637. The third kappa shape index (κ3) is 3.31. The minimum Gasteiger partial charge on any atom is -0.327 e. The fourth-order valence-corrected chi connectivity index (χ4v) is 2.02. The maximum atomic E-state index is 5.93. The first-order valence-electron chi connectivity index (χ1n) is 5.10. The molecule has 0 bridgehead atoms. The van der Waals surface area contributed by atoms with Crippen molar-refractivity contribution in [3.63, 3.8) is 0 Å². The summed E-state index contributed by atoms with van der Waals surface area (Å²) in [6.07, 6.45) is 3.80. The van der Waals surface area contributed by atoms with Gasteiger partial charge in [-0.25, -0.2) is 4.98 Å². The smallest absolute Gasteiger partial charge is 0.0992 e. The Kier molecular flexibility index (Phi) is 4.98. The molecular formula is C11H18N2S. The van der Waals surface area contributed by atoms with Crippen LogP contribution in [0.2, 0.25) is 0 Å². The first kappa shape index (κ1) is 11.5. The van der Waals surface area contributed by atoms with E-state index in [-0.39, 0.29) is 6.04 Å². The third-order valence-corrected chi connectivity index (χ3v) is 3.07. The van der Waals surface area contributed by atoms with Crippen LogP contribution in [0, 0.1) is 0 Å². The molecule has 2 N–H and O–H groups in total. The SMILES string of the molecule is CCSc1ncccc1CC(N)CC. The van der Waals surface area contributed by atoms with Gasteiger partial charge in [0.15, 0.2) is 0 Å². The Morgan fingerprint density at radius 1 is 1.50 bits per heavy atom. The summed E-state index contributed by atoms with van der Waals surface area (Å²) in [5.41, 5.74) is 7.22. The van der Waals surface area contributed by atoms with Crippen LogP contribution in [0.3, 0.4) is 0 Å². The Bertz CT molecular complexity index is 276. The van der Waals surface area contributed by atoms with Crippen molar-refractivity contribution in [1.29, 1.82) is 0 Å². The summed E-state index contributed by atoms with van der Waals surface area (Å²) < 4.78 is 0. The first-order chi connectivity index (χ1) is 6.77. The van der Waals surface area contributed by atoms with Crippen molar-refractivity contribution in [3.05, 3.63) is 23.9 Å². The molecule has 0 aliphatic carbocycles. The van der Waals surface area contributed by atoms with E-state index in [4.69, 9.17) is 5.73 Å². The van der Waals surface area contributed by atoms with Crippen LogP contribution in [0.5, 0.6) is 0 Å². The molecule has 3 heteroatoms. The Hall–Kier alpha value is -0.540. The van der Waals surface area contributed by atoms with Crippen molar-refractivity contribution in [2.24, 2.45) is 5.73 Å². The van der Waals surface area contributed by atoms with Crippen molar-refractivity contribution in [2.75, 3.05) is 5.75 Å². The Balaban J connectivity index is 2.73. The number of hydrogen-bond donors (Lipinski definition) is 1. The minimum absolute atomic E-state index is 0.260. The number of aromatic nitrogens is 1. The topological polar surface area (TPSA) is 38.9 Å². The molecule has 0 aliphatic rings. The van der Waals surface area contributed by atoms with Crippen LogP contribution in [0.15, 0.2) is 23.4 Å². The van der Waals surface area contributed by atoms with Gasteiger partial charge in [0.2, 0.25) is 0 Å². The van der Waals surface area contributed by atoms with E-state index >= 15 is 0 Å². The molecule has 1 unspecified atom stereocenters. The number of thioether (sulfide) groups is 1. The maximum Gasteiger partial charge on any atom is 0.0992 e. The van der Waals surface area contributed by atoms with Crippen molar-refractivity contribution >= 4 is 11.8 Å². The Morgan fingerprint density at radius 2 is 2.29 bits per heavy atom. The normalized spacial score (nSPS) is 12.8. The van der Waals surface area contributed by atoms with Crippen LogP contribution in [0.1, 0.15) is 25.8 Å². The Morgan fingerprint density at radius 3 is 2.93 bits per heavy atom. The van der Waals surface area contributed by atoms with Gasteiger partial charge in [-0.3, -0.25) is 0 Å². The van der Waals surface area contributed by atoms with Crippen molar-refractivity contribution in [3.8, 4) is 0 Å². The van der Waals surface area contributed by atoms with Crippen molar-refractivity contribution in [1.82, 2.24) is 4.98 Å². The zero-order valence-electron chi connectivity index (χ0n) is 8.86. The number of nitrogens with zero attached hydrogens (tertiary/aromatic N) is 1. The van der Waals surface area contributed by atoms with Gasteiger partial charge in [0, 0.05) is 12.2 Å². The lowest BCUT2D eigenvalue weighted by Crippen LogP contribution is -2.21. The van der Waals surface area contributed by atoms with Gasteiger partial charge in [0.25, 0.3) is 0 Å². The molecule has 0 amide bonds. The monoisotopic (exact) mass is 210 g/mol. The van der Waals surface area contributed by atoms with E-state index in [1.54, 1.807) is 11.8 Å². The molecule has 2 nitrogen and oxygen atoms in total. The van der Waals surface area contributed by atoms with E-state index in [0.29, 0.717) is 0 Å². The second-order valence-electron chi connectivity index (χ2n) is 3.27. The van der Waals surface area contributed by atoms with Crippen LogP contribution in [-0.4, -0.2) is 16.8 Å². The average molecular weight is 210 g/mol. The molecular weight excluding hydrogens is 192 g/mol. The summed E-state index contributed by atoms with van der Waals surface area (Å²) in [7, 11) is 0. The predicted molar refractivity (Wildman–Crippen MR) is 62.6 cm³/mol. The van der Waals surface area contributed by atoms with Crippen LogP contribution in [0.4, 0.5) is 0 Å². The molecule has 0 aromatic carbocycles. The molecule has 1 heterocycles. The van der Waals surface area contributed by atoms with Gasteiger partial charge in [-0.1, -0.05) is 19.9 Å². The molecule has 0 fully saturated rings. The van der Waals surface area contributed by atoms with Gasteiger partial charge in [0.05, 0.1) is 5.03 Å². The lowest BCUT2D eigenvalue weighted by Gasteiger charge is -2.11. The summed E-state index contributed by atoms with van der Waals surface area (Å²) in [5, 5.41) is 1.14. The summed E-state index contributed by atoms with van der Waals surface area (Å²) >= 11 is 1.79. The van der Waals surface area contributed by atoms with Crippen molar-refractivity contribution < 1.29 is 0 Å². The molecule has 78 valence electrons. The highest BCUT2D eigenvalue weighted by molar-refractivity contribution is 7.99. The molecule has 1 rings (SSSR count). The zero-order valence-corrected chi connectivity index (χ0v) is 9.68. The highest BCUT2D eigenvalue weighted by atomic mass is 32.2. The van der Waals surface area contributed by atoms with Gasteiger partial charge < -0.3 is 5.73 Å². The minimum atomic E-state index is 0.260. The lowest BCUT2D eigenvalue weighted by atomic mass is 10.1. The number of nitrogens with two attached hydrogens (primary N) is 1. The largest absolute Gasteiger partial charge is 0.327 e. The fraction of sp³-hybridized carbons (Fsp3) is 0.545. The predicted octanol–water partition coefficient (Wildman–Crippen LogP) is 2.47. The van der Waals surface area contributed by atoms with Crippen LogP contribution >= 0.6 is 11.8 Å². The molecule has 1 aromatic heterocycles. The summed E-state index contributed by atoms with van der Waals surface area (Å²) in [4.78, 5) is 4.36. The molecule has 0 saturated heterocycles. The van der Waals surface area contributed by atoms with Gasteiger partial charge in [-0.15, -0.1) is 11.8 Å². The maximum absolute atomic E-state index is 5.93. The fourth-order valence-electron chi connectivity index (χ4n) is 1.27. The van der Waals surface area contributed by atoms with E-state index in [9.17, 15) is 0 Å².